The second-order valence-electron chi connectivity index (χ2n) is 3.87. The third-order valence-corrected chi connectivity index (χ3v) is 3.48. The molecule has 98 valence electrons. The second-order valence-corrected chi connectivity index (χ2v) is 5.64. The van der Waals surface area contributed by atoms with Crippen LogP contribution in [-0.4, -0.2) is 5.90 Å². The van der Waals surface area contributed by atoms with Gasteiger partial charge in [-0.3, -0.25) is 0 Å². The maximum atomic E-state index is 5.83. The van der Waals surface area contributed by atoms with E-state index < -0.39 is 0 Å². The molecular formula is C14H12Br2N2O. The van der Waals surface area contributed by atoms with Gasteiger partial charge >= 0.3 is 0 Å². The molecule has 0 saturated carbocycles. The standard InChI is InChI=1S/C14H12Br2N2O/c1-9(18-13-5-3-2-4-12(13)17)19-14-7-6-10(15)8-11(14)16/h2-8H,17H2,1H3/b18-9+. The first-order chi connectivity index (χ1) is 9.06. The number of nitrogen functional groups attached to an aromatic ring is 1. The third-order valence-electron chi connectivity index (χ3n) is 2.37. The molecule has 0 aromatic heterocycles. The van der Waals surface area contributed by atoms with Crippen LogP contribution in [0.5, 0.6) is 5.75 Å². The molecule has 3 nitrogen and oxygen atoms in total. The molecule has 0 saturated heterocycles. The summed E-state index contributed by atoms with van der Waals surface area (Å²) in [5, 5.41) is 0. The number of aliphatic imine (C=N–C) groups is 1. The van der Waals surface area contributed by atoms with Crippen molar-refractivity contribution in [3.05, 3.63) is 51.4 Å². The van der Waals surface area contributed by atoms with Crippen molar-refractivity contribution in [2.24, 2.45) is 4.99 Å². The van der Waals surface area contributed by atoms with Gasteiger partial charge in [0.25, 0.3) is 0 Å². The van der Waals surface area contributed by atoms with E-state index in [4.69, 9.17) is 10.5 Å². The Hall–Kier alpha value is -1.33. The van der Waals surface area contributed by atoms with Crippen molar-refractivity contribution in [1.82, 2.24) is 0 Å². The van der Waals surface area contributed by atoms with Crippen LogP contribution in [0, 0.1) is 0 Å². The van der Waals surface area contributed by atoms with Crippen molar-refractivity contribution in [3.8, 4) is 5.75 Å². The molecule has 0 radical (unpaired) electrons. The topological polar surface area (TPSA) is 47.6 Å². The van der Waals surface area contributed by atoms with Gasteiger partial charge in [-0.15, -0.1) is 0 Å². The Morgan fingerprint density at radius 2 is 1.89 bits per heavy atom. The Morgan fingerprint density at radius 3 is 2.58 bits per heavy atom. The molecule has 0 heterocycles. The number of rotatable bonds is 2. The van der Waals surface area contributed by atoms with Crippen LogP contribution in [0.1, 0.15) is 6.92 Å². The largest absolute Gasteiger partial charge is 0.442 e. The molecule has 2 rings (SSSR count). The number of nitrogens with zero attached hydrogens (tertiary/aromatic N) is 1. The number of anilines is 1. The van der Waals surface area contributed by atoms with E-state index in [0.717, 1.165) is 8.95 Å². The lowest BCUT2D eigenvalue weighted by Crippen LogP contribution is -2.03. The smallest absolute Gasteiger partial charge is 0.192 e. The predicted octanol–water partition coefficient (Wildman–Crippen LogP) is 4.92. The van der Waals surface area contributed by atoms with Gasteiger partial charge in [-0.2, -0.15) is 0 Å². The molecule has 0 spiro atoms. The SMILES string of the molecule is C/C(=N\c1ccccc1N)Oc1ccc(Br)cc1Br. The van der Waals surface area contributed by atoms with Crippen LogP contribution in [0.4, 0.5) is 11.4 Å². The van der Waals surface area contributed by atoms with Crippen molar-refractivity contribution in [3.63, 3.8) is 0 Å². The minimum atomic E-state index is 0.529. The Bertz CT molecular complexity index is 627. The van der Waals surface area contributed by atoms with Crippen molar-refractivity contribution in [1.29, 1.82) is 0 Å². The zero-order chi connectivity index (χ0) is 13.8. The van der Waals surface area contributed by atoms with Gasteiger partial charge in [0.2, 0.25) is 0 Å². The summed E-state index contributed by atoms with van der Waals surface area (Å²) < 4.78 is 7.52. The Kier molecular flexibility index (Phi) is 4.61. The lowest BCUT2D eigenvalue weighted by Gasteiger charge is -2.08. The molecular weight excluding hydrogens is 372 g/mol. The molecule has 0 unspecified atom stereocenters. The number of benzene rings is 2. The van der Waals surface area contributed by atoms with Crippen molar-refractivity contribution >= 4 is 49.1 Å². The highest BCUT2D eigenvalue weighted by Gasteiger charge is 2.04. The number of nitrogens with two attached hydrogens (primary N) is 1. The predicted molar refractivity (Wildman–Crippen MR) is 86.1 cm³/mol. The number of para-hydroxylation sites is 2. The molecule has 0 aliphatic heterocycles. The van der Waals surface area contributed by atoms with Gasteiger partial charge in [0.15, 0.2) is 5.90 Å². The zero-order valence-electron chi connectivity index (χ0n) is 10.2. The maximum absolute atomic E-state index is 5.83. The van der Waals surface area contributed by atoms with Gasteiger partial charge in [0, 0.05) is 11.4 Å². The van der Waals surface area contributed by atoms with E-state index in [1.165, 1.54) is 0 Å². The average Bonchev–Trinajstić information content (AvgIpc) is 2.36. The summed E-state index contributed by atoms with van der Waals surface area (Å²) in [5.41, 5.74) is 7.16. The van der Waals surface area contributed by atoms with Crippen LogP contribution >= 0.6 is 31.9 Å². The normalized spacial score (nSPS) is 11.4. The summed E-state index contributed by atoms with van der Waals surface area (Å²) in [4.78, 5) is 4.35. The van der Waals surface area contributed by atoms with Gasteiger partial charge < -0.3 is 10.5 Å². The third kappa shape index (κ3) is 3.81. The molecule has 19 heavy (non-hydrogen) atoms. The fourth-order valence-corrected chi connectivity index (χ4v) is 2.63. The molecule has 0 amide bonds. The van der Waals surface area contributed by atoms with Gasteiger partial charge in [-0.25, -0.2) is 4.99 Å². The Balaban J connectivity index is 2.21. The summed E-state index contributed by atoms with van der Waals surface area (Å²) in [6.45, 7) is 1.79. The first-order valence-corrected chi connectivity index (χ1v) is 7.17. The lowest BCUT2D eigenvalue weighted by atomic mass is 10.3. The van der Waals surface area contributed by atoms with Gasteiger partial charge in [0.05, 0.1) is 15.8 Å². The van der Waals surface area contributed by atoms with Crippen LogP contribution in [0.3, 0.4) is 0 Å². The highest BCUT2D eigenvalue weighted by Crippen LogP contribution is 2.29. The molecule has 0 aliphatic carbocycles. The van der Waals surface area contributed by atoms with E-state index in [2.05, 4.69) is 36.9 Å². The van der Waals surface area contributed by atoms with Gasteiger partial charge in [-0.05, 0) is 46.3 Å². The lowest BCUT2D eigenvalue weighted by molar-refractivity contribution is 0.543. The Morgan fingerprint density at radius 1 is 1.16 bits per heavy atom. The number of hydrogen-bond donors (Lipinski definition) is 1. The summed E-state index contributed by atoms with van der Waals surface area (Å²) in [6.07, 6.45) is 0. The number of ether oxygens (including phenoxy) is 1. The van der Waals surface area contributed by atoms with Crippen LogP contribution in [0.15, 0.2) is 56.4 Å². The quantitative estimate of drug-likeness (QED) is 0.454. The molecule has 0 aliphatic rings. The molecule has 0 bridgehead atoms. The van der Waals surface area contributed by atoms with Gasteiger partial charge in [-0.1, -0.05) is 28.1 Å². The van der Waals surface area contributed by atoms with Crippen molar-refractivity contribution < 1.29 is 4.74 Å². The summed E-state index contributed by atoms with van der Waals surface area (Å²) in [6, 6.07) is 13.1. The number of halogens is 2. The van der Waals surface area contributed by atoms with Crippen LogP contribution in [-0.2, 0) is 0 Å². The van der Waals surface area contributed by atoms with E-state index >= 15 is 0 Å². The van der Waals surface area contributed by atoms with Crippen LogP contribution in [0.25, 0.3) is 0 Å². The molecule has 0 atom stereocenters. The number of hydrogen-bond acceptors (Lipinski definition) is 3. The maximum Gasteiger partial charge on any atom is 0.192 e. The summed E-state index contributed by atoms with van der Waals surface area (Å²) >= 11 is 6.83. The summed E-state index contributed by atoms with van der Waals surface area (Å²) in [5.74, 6) is 1.24. The Labute approximate surface area is 128 Å². The van der Waals surface area contributed by atoms with E-state index in [1.807, 2.05) is 42.5 Å². The zero-order valence-corrected chi connectivity index (χ0v) is 13.4. The molecule has 2 N–H and O–H groups in total. The first kappa shape index (κ1) is 14.1. The fraction of sp³-hybridized carbons (Fsp3) is 0.0714. The first-order valence-electron chi connectivity index (χ1n) is 5.59. The van der Waals surface area contributed by atoms with E-state index in [1.54, 1.807) is 6.92 Å². The molecule has 2 aromatic rings. The minimum Gasteiger partial charge on any atom is -0.442 e. The fourth-order valence-electron chi connectivity index (χ4n) is 1.50. The minimum absolute atomic E-state index is 0.529. The molecule has 2 aromatic carbocycles. The van der Waals surface area contributed by atoms with E-state index in [-0.39, 0.29) is 0 Å². The summed E-state index contributed by atoms with van der Waals surface area (Å²) in [7, 11) is 0. The monoisotopic (exact) mass is 382 g/mol. The van der Waals surface area contributed by atoms with Crippen molar-refractivity contribution in [2.75, 3.05) is 5.73 Å². The van der Waals surface area contributed by atoms with Gasteiger partial charge in [0.1, 0.15) is 5.75 Å². The average molecular weight is 384 g/mol. The molecule has 0 fully saturated rings. The second kappa shape index (κ2) is 6.21. The van der Waals surface area contributed by atoms with E-state index in [9.17, 15) is 0 Å². The highest BCUT2D eigenvalue weighted by molar-refractivity contribution is 9.11. The van der Waals surface area contributed by atoms with Crippen LogP contribution in [0.2, 0.25) is 0 Å². The van der Waals surface area contributed by atoms with E-state index in [0.29, 0.717) is 23.0 Å². The van der Waals surface area contributed by atoms with Crippen molar-refractivity contribution in [2.45, 2.75) is 6.92 Å². The molecule has 5 heteroatoms. The highest BCUT2D eigenvalue weighted by atomic mass is 79.9. The van der Waals surface area contributed by atoms with Crippen LogP contribution < -0.4 is 10.5 Å².